The van der Waals surface area contributed by atoms with Gasteiger partial charge in [-0.25, -0.2) is 4.79 Å². The summed E-state index contributed by atoms with van der Waals surface area (Å²) in [5.74, 6) is 1.18. The zero-order valence-electron chi connectivity index (χ0n) is 17.5. The van der Waals surface area contributed by atoms with Crippen LogP contribution in [0.25, 0.3) is 0 Å². The van der Waals surface area contributed by atoms with Gasteiger partial charge in [-0.3, -0.25) is 14.5 Å². The molecule has 2 aliphatic heterocycles. The first kappa shape index (κ1) is 21.6. The van der Waals surface area contributed by atoms with Gasteiger partial charge < -0.3 is 14.8 Å². The fraction of sp³-hybridized carbons (Fsp3) is 0.364. The molecule has 8 nitrogen and oxygen atoms in total. The van der Waals surface area contributed by atoms with Gasteiger partial charge in [0, 0.05) is 4.47 Å². The van der Waals surface area contributed by atoms with E-state index in [1.807, 2.05) is 48.5 Å². The molecule has 9 heteroatoms. The summed E-state index contributed by atoms with van der Waals surface area (Å²) in [7, 11) is 1.62. The van der Waals surface area contributed by atoms with E-state index in [0.29, 0.717) is 5.75 Å². The maximum Gasteiger partial charge on any atom is 0.325 e. The van der Waals surface area contributed by atoms with Crippen LogP contribution >= 0.6 is 15.9 Å². The highest BCUT2D eigenvalue weighted by molar-refractivity contribution is 9.10. The second kappa shape index (κ2) is 8.49. The number of hydroxylamine groups is 2. The molecule has 3 atom stereocenters. The SMILES string of the molecule is COc1ccc([C@@H]2ON2[C@@H](CO[14c]2[14cH][14cH][14c](Br)[14cH][14cH]2)CN2C(=O)NC(C)(C)C2=O)cc1. The number of ether oxygens (including phenoxy) is 2. The maximum atomic E-state index is 12.7. The van der Waals surface area contributed by atoms with Crippen molar-refractivity contribution in [1.82, 2.24) is 15.3 Å². The van der Waals surface area contributed by atoms with Crippen LogP contribution in [0.1, 0.15) is 25.6 Å². The molecule has 0 aromatic heterocycles. The topological polar surface area (TPSA) is 83.4 Å². The lowest BCUT2D eigenvalue weighted by Crippen LogP contribution is -2.45. The standard InChI is InChI=1S/C22H24BrN3O5/c1-22(2)20(27)25(21(28)24-22)12-16(13-30-18-10-6-15(23)7-11-18)26-19(31-26)14-4-8-17(29-3)9-5-14/h4-11,16,19H,12-13H2,1-3H3,(H,24,28)/t16-,19+,26?/m1/s1/i6+2,7+2,10+2,11+2,15+2,18+2. The highest BCUT2D eigenvalue weighted by atomic mass is 79.9. The van der Waals surface area contributed by atoms with Crippen LogP contribution in [0.4, 0.5) is 4.79 Å². The molecule has 164 valence electrons. The largest absolute Gasteiger partial charge is 0.497 e. The number of halogens is 1. The number of benzene rings is 2. The number of methoxy groups -OCH3 is 1. The molecule has 0 spiro atoms. The Morgan fingerprint density at radius 1 is 1.23 bits per heavy atom. The van der Waals surface area contributed by atoms with Gasteiger partial charge in [-0.2, -0.15) is 0 Å². The van der Waals surface area contributed by atoms with Crippen LogP contribution in [0.2, 0.25) is 0 Å². The molecule has 2 aromatic rings. The van der Waals surface area contributed by atoms with Gasteiger partial charge in [0.1, 0.15) is 23.6 Å². The highest BCUT2D eigenvalue weighted by Crippen LogP contribution is 2.40. The third kappa shape index (κ3) is 4.68. The Labute approximate surface area is 189 Å². The van der Waals surface area contributed by atoms with Gasteiger partial charge in [-0.05, 0) is 55.8 Å². The molecule has 0 bridgehead atoms. The Morgan fingerprint density at radius 2 is 1.90 bits per heavy atom. The number of urea groups is 1. The second-order valence-electron chi connectivity index (χ2n) is 7.98. The second-order valence-corrected chi connectivity index (χ2v) is 8.90. The van der Waals surface area contributed by atoms with Crippen LogP contribution in [0.15, 0.2) is 53.0 Å². The van der Waals surface area contributed by atoms with Gasteiger partial charge in [0.05, 0.1) is 19.7 Å². The summed E-state index contributed by atoms with van der Waals surface area (Å²) in [5.41, 5.74) is 0.0236. The Kier molecular flexibility index (Phi) is 5.92. The maximum absolute atomic E-state index is 12.7. The lowest BCUT2D eigenvalue weighted by molar-refractivity contribution is -0.130. The fourth-order valence-corrected chi connectivity index (χ4v) is 3.73. The van der Waals surface area contributed by atoms with Crippen molar-refractivity contribution in [2.24, 2.45) is 0 Å². The number of hydrogen-bond acceptors (Lipinski definition) is 6. The smallest absolute Gasteiger partial charge is 0.325 e. The van der Waals surface area contributed by atoms with Crippen LogP contribution in [-0.2, 0) is 9.63 Å². The Balaban J connectivity index is 1.49. The summed E-state index contributed by atoms with van der Waals surface area (Å²) < 4.78 is 12.1. The van der Waals surface area contributed by atoms with Crippen molar-refractivity contribution in [3.8, 4) is 11.5 Å². The minimum Gasteiger partial charge on any atom is -0.497 e. The average Bonchev–Trinajstić information content (AvgIpc) is 3.51. The summed E-state index contributed by atoms with van der Waals surface area (Å²) in [5, 5.41) is 4.47. The molecule has 4 rings (SSSR count). The molecule has 2 saturated heterocycles. The van der Waals surface area contributed by atoms with E-state index in [1.54, 1.807) is 26.0 Å². The molecule has 3 amide bonds. The van der Waals surface area contributed by atoms with E-state index in [0.717, 1.165) is 15.8 Å². The quantitative estimate of drug-likeness (QED) is 0.440. The van der Waals surface area contributed by atoms with Crippen LogP contribution in [0.3, 0.4) is 0 Å². The van der Waals surface area contributed by atoms with Crippen LogP contribution in [-0.4, -0.2) is 53.7 Å². The molecule has 2 fully saturated rings. The predicted molar refractivity (Wildman–Crippen MR) is 116 cm³/mol. The highest BCUT2D eigenvalue weighted by Gasteiger charge is 2.49. The monoisotopic (exact) mass is 501 g/mol. The Hall–Kier alpha value is -2.62. The summed E-state index contributed by atoms with van der Waals surface area (Å²) in [6.07, 6.45) is -0.279. The number of nitrogens with one attached hydrogen (secondary N) is 1. The van der Waals surface area contributed by atoms with Crippen molar-refractivity contribution >= 4 is 27.9 Å². The zero-order valence-corrected chi connectivity index (χ0v) is 19.1. The first-order valence-corrected chi connectivity index (χ1v) is 10.7. The predicted octanol–water partition coefficient (Wildman–Crippen LogP) is 3.48. The molecular formula is C22H24BrN3O5. The first-order valence-electron chi connectivity index (χ1n) is 9.90. The van der Waals surface area contributed by atoms with Crippen molar-refractivity contribution in [2.45, 2.75) is 31.7 Å². The molecule has 1 unspecified atom stereocenters. The van der Waals surface area contributed by atoms with Crippen LogP contribution in [0.5, 0.6) is 11.5 Å². The van der Waals surface area contributed by atoms with Crippen molar-refractivity contribution in [3.05, 3.63) is 58.6 Å². The lowest BCUT2D eigenvalue weighted by Gasteiger charge is -2.22. The normalized spacial score (nSPS) is 22.8. The molecule has 0 aliphatic carbocycles. The van der Waals surface area contributed by atoms with E-state index >= 15 is 0 Å². The number of nitrogens with zero attached hydrogens (tertiary/aromatic N) is 2. The number of carbonyl (C=O) groups is 2. The van der Waals surface area contributed by atoms with E-state index in [1.165, 1.54) is 4.90 Å². The summed E-state index contributed by atoms with van der Waals surface area (Å²) in [6, 6.07) is 14.3. The van der Waals surface area contributed by atoms with Crippen molar-refractivity contribution in [3.63, 3.8) is 0 Å². The number of imide groups is 1. The summed E-state index contributed by atoms with van der Waals surface area (Å²) in [4.78, 5) is 32.1. The zero-order chi connectivity index (χ0) is 22.2. The average molecular weight is 502 g/mol. The van der Waals surface area contributed by atoms with E-state index in [-0.39, 0.29) is 31.3 Å². The molecule has 0 radical (unpaired) electrons. The fourth-order valence-electron chi connectivity index (χ4n) is 3.47. The number of carbonyl (C=O) groups excluding carboxylic acids is 2. The van der Waals surface area contributed by atoms with Gasteiger partial charge >= 0.3 is 6.03 Å². The molecular weight excluding hydrogens is 478 g/mol. The molecule has 2 aliphatic rings. The van der Waals surface area contributed by atoms with E-state index in [4.69, 9.17) is 14.3 Å². The minimum absolute atomic E-state index is 0.150. The van der Waals surface area contributed by atoms with Crippen molar-refractivity contribution in [2.75, 3.05) is 20.3 Å². The van der Waals surface area contributed by atoms with Crippen molar-refractivity contribution < 1.29 is 23.9 Å². The minimum atomic E-state index is -0.927. The van der Waals surface area contributed by atoms with E-state index in [9.17, 15) is 9.59 Å². The van der Waals surface area contributed by atoms with Gasteiger partial charge in [0.15, 0.2) is 6.23 Å². The Bertz CT molecular complexity index is 964. The molecule has 1 N–H and O–H groups in total. The number of amides is 3. The third-order valence-electron chi connectivity index (χ3n) is 5.26. The molecule has 31 heavy (non-hydrogen) atoms. The lowest BCUT2D eigenvalue weighted by atomic mass is 10.1. The van der Waals surface area contributed by atoms with Crippen LogP contribution < -0.4 is 14.8 Å². The van der Waals surface area contributed by atoms with Gasteiger partial charge in [0.25, 0.3) is 5.91 Å². The Morgan fingerprint density at radius 3 is 2.48 bits per heavy atom. The van der Waals surface area contributed by atoms with Gasteiger partial charge in [0.2, 0.25) is 0 Å². The number of rotatable bonds is 8. The first-order chi connectivity index (χ1) is 14.8. The number of hydrogen-bond donors (Lipinski definition) is 1. The van der Waals surface area contributed by atoms with Crippen molar-refractivity contribution in [1.29, 1.82) is 0 Å². The van der Waals surface area contributed by atoms with Gasteiger partial charge in [-0.15, -0.1) is 5.06 Å². The third-order valence-corrected chi connectivity index (χ3v) is 5.79. The van der Waals surface area contributed by atoms with E-state index in [2.05, 4.69) is 21.2 Å². The van der Waals surface area contributed by atoms with Gasteiger partial charge in [-0.1, -0.05) is 28.1 Å². The molecule has 2 aromatic carbocycles. The molecule has 2 heterocycles. The van der Waals surface area contributed by atoms with E-state index < -0.39 is 11.6 Å². The summed E-state index contributed by atoms with van der Waals surface area (Å²) in [6.45, 7) is 3.77. The molecule has 0 saturated carbocycles. The van der Waals surface area contributed by atoms with Crippen LogP contribution in [0, 0.1) is 0 Å². The summed E-state index contributed by atoms with van der Waals surface area (Å²) >= 11 is 3.40.